The highest BCUT2D eigenvalue weighted by Gasteiger charge is 2.04. The molecule has 1 radical (unpaired) electrons. The molecule has 0 aliphatic heterocycles. The van der Waals surface area contributed by atoms with Crippen LogP contribution in [0.2, 0.25) is 0 Å². The average Bonchev–Trinajstić information content (AvgIpc) is 2.32. The van der Waals surface area contributed by atoms with Crippen LogP contribution in [0.3, 0.4) is 0 Å². The predicted molar refractivity (Wildman–Crippen MR) is 65.6 cm³/mol. The van der Waals surface area contributed by atoms with Crippen LogP contribution in [-0.2, 0) is 16.0 Å². The Balaban J connectivity index is 2.40. The first kappa shape index (κ1) is 13.4. The van der Waals surface area contributed by atoms with E-state index in [0.717, 1.165) is 24.8 Å². The number of unbranched alkanes of at least 4 members (excludes halogenated alkanes) is 2. The van der Waals surface area contributed by atoms with E-state index in [1.807, 2.05) is 6.29 Å². The van der Waals surface area contributed by atoms with Crippen molar-refractivity contribution in [2.75, 3.05) is 0 Å². The minimum Gasteiger partial charge on any atom is -0.427 e. The van der Waals surface area contributed by atoms with Crippen LogP contribution in [0, 0.1) is 0 Å². The molecule has 0 saturated heterocycles. The molecule has 0 saturated carbocycles. The van der Waals surface area contributed by atoms with Crippen LogP contribution in [0.1, 0.15) is 38.2 Å². The summed E-state index contributed by atoms with van der Waals surface area (Å²) in [5.41, 5.74) is 0.866. The smallest absolute Gasteiger partial charge is 0.311 e. The molecule has 0 unspecified atom stereocenters. The third kappa shape index (κ3) is 5.29. The number of carbonyl (C=O) groups is 1. The van der Waals surface area contributed by atoms with Crippen LogP contribution in [0.4, 0.5) is 0 Å². The molecule has 0 heterocycles. The normalized spacial score (nSPS) is 9.94. The molecule has 0 aromatic heterocycles. The van der Waals surface area contributed by atoms with Crippen molar-refractivity contribution >= 4 is 12.3 Å². The summed E-state index contributed by atoms with van der Waals surface area (Å²) in [6.45, 7) is 2.09. The fourth-order valence-electron chi connectivity index (χ4n) is 1.46. The minimum absolute atomic E-state index is 0.201. The molecule has 0 atom stereocenters. The van der Waals surface area contributed by atoms with Gasteiger partial charge in [0.1, 0.15) is 5.75 Å². The molecular weight excluding hydrogens is 216 g/mol. The van der Waals surface area contributed by atoms with Gasteiger partial charge in [-0.25, -0.2) is 0 Å². The van der Waals surface area contributed by atoms with Crippen molar-refractivity contribution in [3.05, 3.63) is 29.8 Å². The molecule has 0 spiro atoms. The van der Waals surface area contributed by atoms with E-state index in [4.69, 9.17) is 4.74 Å². The number of rotatable bonds is 7. The fraction of sp³-hybridized carbons (Fsp3) is 0.429. The summed E-state index contributed by atoms with van der Waals surface area (Å²) in [5, 5.41) is 0. The molecule has 0 N–H and O–H groups in total. The maximum atomic E-state index is 11.4. The Morgan fingerprint density at radius 2 is 1.94 bits per heavy atom. The molecule has 0 aliphatic rings. The number of benzene rings is 1. The van der Waals surface area contributed by atoms with Crippen molar-refractivity contribution in [3.63, 3.8) is 0 Å². The number of hydrogen-bond donors (Lipinski definition) is 0. The van der Waals surface area contributed by atoms with Crippen LogP contribution in [0.5, 0.6) is 5.75 Å². The molecule has 0 aliphatic carbocycles. The Kier molecular flexibility index (Phi) is 6.00. The third-order valence-corrected chi connectivity index (χ3v) is 2.42. The first-order chi connectivity index (χ1) is 8.26. The van der Waals surface area contributed by atoms with E-state index in [2.05, 4.69) is 6.92 Å². The predicted octanol–water partition coefficient (Wildman–Crippen LogP) is 2.82. The first-order valence-corrected chi connectivity index (χ1v) is 5.91. The molecular formula is C14H17O3. The number of hydrogen-bond acceptors (Lipinski definition) is 3. The summed E-state index contributed by atoms with van der Waals surface area (Å²) in [4.78, 5) is 21.6. The van der Waals surface area contributed by atoms with Gasteiger partial charge in [0.15, 0.2) is 0 Å². The lowest BCUT2D eigenvalue weighted by molar-refractivity contribution is -0.134. The third-order valence-electron chi connectivity index (χ3n) is 2.42. The van der Waals surface area contributed by atoms with Crippen molar-refractivity contribution in [2.24, 2.45) is 0 Å². The Bertz CT molecular complexity index is 354. The topological polar surface area (TPSA) is 43.4 Å². The molecule has 1 rings (SSSR count). The average molecular weight is 233 g/mol. The van der Waals surface area contributed by atoms with Crippen molar-refractivity contribution in [1.82, 2.24) is 0 Å². The fourth-order valence-corrected chi connectivity index (χ4v) is 1.46. The Hall–Kier alpha value is -1.64. The summed E-state index contributed by atoms with van der Waals surface area (Å²) >= 11 is 0. The van der Waals surface area contributed by atoms with Gasteiger partial charge in [-0.2, -0.15) is 0 Å². The van der Waals surface area contributed by atoms with Gasteiger partial charge < -0.3 is 4.74 Å². The lowest BCUT2D eigenvalue weighted by Crippen LogP contribution is -2.07. The van der Waals surface area contributed by atoms with E-state index in [1.54, 1.807) is 24.3 Å². The molecule has 0 amide bonds. The SMILES string of the molecule is CCCCCC(=O)Oc1ccc(C[C]=O)cc1. The maximum Gasteiger partial charge on any atom is 0.311 e. The van der Waals surface area contributed by atoms with Gasteiger partial charge in [-0.15, -0.1) is 0 Å². The van der Waals surface area contributed by atoms with E-state index in [1.165, 1.54) is 0 Å². The van der Waals surface area contributed by atoms with Gasteiger partial charge in [0.2, 0.25) is 6.29 Å². The van der Waals surface area contributed by atoms with Crippen LogP contribution < -0.4 is 4.74 Å². The highest BCUT2D eigenvalue weighted by atomic mass is 16.5. The zero-order valence-electron chi connectivity index (χ0n) is 10.1. The van der Waals surface area contributed by atoms with Crippen molar-refractivity contribution in [1.29, 1.82) is 0 Å². The summed E-state index contributed by atoms with van der Waals surface area (Å²) in [6, 6.07) is 6.92. The lowest BCUT2D eigenvalue weighted by atomic mass is 10.1. The Labute approximate surface area is 102 Å². The standard InChI is InChI=1S/C14H17O3/c1-2-3-4-5-14(16)17-13-8-6-12(7-9-13)10-11-15/h6-9H,2-5,10H2,1H3. The lowest BCUT2D eigenvalue weighted by Gasteiger charge is -2.04. The summed E-state index contributed by atoms with van der Waals surface area (Å²) in [6.07, 6.45) is 5.55. The Morgan fingerprint density at radius 1 is 1.24 bits per heavy atom. The van der Waals surface area contributed by atoms with Crippen molar-refractivity contribution in [3.8, 4) is 5.75 Å². The van der Waals surface area contributed by atoms with Crippen LogP contribution >= 0.6 is 0 Å². The minimum atomic E-state index is -0.201. The summed E-state index contributed by atoms with van der Waals surface area (Å²) < 4.78 is 5.16. The van der Waals surface area contributed by atoms with Gasteiger partial charge in [-0.05, 0) is 24.1 Å². The molecule has 0 bridgehead atoms. The maximum absolute atomic E-state index is 11.4. The summed E-state index contributed by atoms with van der Waals surface area (Å²) in [5.74, 6) is 0.328. The second-order valence-electron chi connectivity index (χ2n) is 3.90. The quantitative estimate of drug-likeness (QED) is 0.413. The van der Waals surface area contributed by atoms with Crippen LogP contribution in [0.25, 0.3) is 0 Å². The molecule has 1 aromatic rings. The zero-order chi connectivity index (χ0) is 12.5. The van der Waals surface area contributed by atoms with Gasteiger partial charge in [-0.1, -0.05) is 31.9 Å². The van der Waals surface area contributed by atoms with Gasteiger partial charge in [0, 0.05) is 12.8 Å². The van der Waals surface area contributed by atoms with E-state index >= 15 is 0 Å². The highest BCUT2D eigenvalue weighted by molar-refractivity contribution is 5.72. The number of esters is 1. The van der Waals surface area contributed by atoms with Gasteiger partial charge >= 0.3 is 5.97 Å². The van der Waals surface area contributed by atoms with Crippen LogP contribution in [0.15, 0.2) is 24.3 Å². The molecule has 91 valence electrons. The molecule has 3 heteroatoms. The van der Waals surface area contributed by atoms with Crippen molar-refractivity contribution < 1.29 is 14.3 Å². The van der Waals surface area contributed by atoms with E-state index in [0.29, 0.717) is 12.2 Å². The zero-order valence-corrected chi connectivity index (χ0v) is 10.1. The van der Waals surface area contributed by atoms with E-state index in [9.17, 15) is 9.59 Å². The molecule has 1 aromatic carbocycles. The summed E-state index contributed by atoms with van der Waals surface area (Å²) in [7, 11) is 0. The molecule has 3 nitrogen and oxygen atoms in total. The second kappa shape index (κ2) is 7.60. The first-order valence-electron chi connectivity index (χ1n) is 5.91. The largest absolute Gasteiger partial charge is 0.427 e. The Morgan fingerprint density at radius 3 is 2.53 bits per heavy atom. The van der Waals surface area contributed by atoms with Gasteiger partial charge in [0.25, 0.3) is 0 Å². The van der Waals surface area contributed by atoms with Crippen molar-refractivity contribution in [2.45, 2.75) is 39.0 Å². The molecule has 17 heavy (non-hydrogen) atoms. The monoisotopic (exact) mass is 233 g/mol. The number of carbonyl (C=O) groups excluding carboxylic acids is 2. The second-order valence-corrected chi connectivity index (χ2v) is 3.90. The highest BCUT2D eigenvalue weighted by Crippen LogP contribution is 2.13. The van der Waals surface area contributed by atoms with Gasteiger partial charge in [0.05, 0.1) is 0 Å². The van der Waals surface area contributed by atoms with Crippen LogP contribution in [-0.4, -0.2) is 12.3 Å². The number of ether oxygens (including phenoxy) is 1. The van der Waals surface area contributed by atoms with Gasteiger partial charge in [-0.3, -0.25) is 9.59 Å². The van der Waals surface area contributed by atoms with E-state index in [-0.39, 0.29) is 12.4 Å². The molecule has 0 fully saturated rings. The van der Waals surface area contributed by atoms with E-state index < -0.39 is 0 Å².